The lowest BCUT2D eigenvalue weighted by atomic mass is 9.94. The molecule has 4 rings (SSSR count). The van der Waals surface area contributed by atoms with Crippen LogP contribution in [0.2, 0.25) is 0 Å². The number of rotatable bonds is 5. The van der Waals surface area contributed by atoms with E-state index in [1.165, 1.54) is 5.56 Å². The van der Waals surface area contributed by atoms with Crippen molar-refractivity contribution in [2.24, 2.45) is 0 Å². The molecular weight excluding hydrogens is 384 g/mol. The zero-order valence-corrected chi connectivity index (χ0v) is 17.5. The Bertz CT molecular complexity index is 916. The number of ether oxygens (including phenoxy) is 3. The summed E-state index contributed by atoms with van der Waals surface area (Å²) in [5, 5.41) is 9.95. The molecule has 1 aliphatic heterocycles. The fourth-order valence-corrected chi connectivity index (χ4v) is 4.42. The summed E-state index contributed by atoms with van der Waals surface area (Å²) in [7, 11) is 3.15. The van der Waals surface area contributed by atoms with Crippen LogP contribution in [-0.4, -0.2) is 61.0 Å². The van der Waals surface area contributed by atoms with Crippen LogP contribution < -0.4 is 9.47 Å². The van der Waals surface area contributed by atoms with Gasteiger partial charge in [-0.3, -0.25) is 9.78 Å². The van der Waals surface area contributed by atoms with E-state index in [0.29, 0.717) is 30.2 Å². The maximum absolute atomic E-state index is 13.5. The van der Waals surface area contributed by atoms with Crippen LogP contribution in [0.5, 0.6) is 11.5 Å². The molecule has 0 bridgehead atoms. The number of morpholine rings is 1. The highest BCUT2D eigenvalue weighted by Crippen LogP contribution is 2.36. The number of carbonyl (C=O) groups is 1. The lowest BCUT2D eigenvalue weighted by Gasteiger charge is -2.41. The largest absolute Gasteiger partial charge is 0.493 e. The van der Waals surface area contributed by atoms with E-state index in [1.54, 1.807) is 31.4 Å². The van der Waals surface area contributed by atoms with Crippen LogP contribution in [0.1, 0.15) is 46.1 Å². The summed E-state index contributed by atoms with van der Waals surface area (Å²) in [6.45, 7) is 0.621. The third-order valence-corrected chi connectivity index (χ3v) is 5.96. The van der Waals surface area contributed by atoms with Crippen LogP contribution in [0.3, 0.4) is 0 Å². The molecule has 1 N–H and O–H groups in total. The van der Waals surface area contributed by atoms with Gasteiger partial charge in [0.05, 0.1) is 39.0 Å². The molecule has 0 radical (unpaired) electrons. The molecule has 7 nitrogen and oxygen atoms in total. The van der Waals surface area contributed by atoms with E-state index in [9.17, 15) is 9.90 Å². The lowest BCUT2D eigenvalue weighted by Crippen LogP contribution is -2.49. The van der Waals surface area contributed by atoms with Crippen molar-refractivity contribution in [3.63, 3.8) is 0 Å². The molecule has 160 valence electrons. The Labute approximate surface area is 176 Å². The van der Waals surface area contributed by atoms with E-state index in [4.69, 9.17) is 14.2 Å². The maximum Gasteiger partial charge on any atom is 0.256 e. The second-order valence-corrected chi connectivity index (χ2v) is 7.69. The van der Waals surface area contributed by atoms with Crippen LogP contribution in [0.15, 0.2) is 30.5 Å². The van der Waals surface area contributed by atoms with Crippen molar-refractivity contribution in [3.05, 3.63) is 52.8 Å². The Morgan fingerprint density at radius 2 is 2.00 bits per heavy atom. The summed E-state index contributed by atoms with van der Waals surface area (Å²) in [4.78, 5) is 19.8. The first kappa shape index (κ1) is 20.6. The zero-order valence-electron chi connectivity index (χ0n) is 17.5. The molecule has 0 unspecified atom stereocenters. The number of pyridine rings is 1. The topological polar surface area (TPSA) is 81.1 Å². The first-order valence-corrected chi connectivity index (χ1v) is 10.4. The van der Waals surface area contributed by atoms with Gasteiger partial charge in [0.2, 0.25) is 0 Å². The molecule has 1 saturated heterocycles. The monoisotopic (exact) mass is 412 g/mol. The summed E-state index contributed by atoms with van der Waals surface area (Å²) < 4.78 is 16.6. The third kappa shape index (κ3) is 3.87. The summed E-state index contributed by atoms with van der Waals surface area (Å²) in [5.41, 5.74) is 3.68. The Kier molecular flexibility index (Phi) is 6.20. The van der Waals surface area contributed by atoms with Crippen molar-refractivity contribution >= 4 is 5.91 Å². The minimum atomic E-state index is -0.522. The van der Waals surface area contributed by atoms with Crippen LogP contribution in [-0.2, 0) is 17.6 Å². The number of aryl methyl sites for hydroxylation is 2. The quantitative estimate of drug-likeness (QED) is 0.813. The standard InChI is InChI=1S/C23H28N2O5/c1-28-19-8-7-16(12-20(19)29-2)22-21(14-26)30-10-9-25(22)23(27)17-11-15-5-3-4-6-18(15)24-13-17/h7-8,11-13,21-22,26H,3-6,9-10,14H2,1-2H3/t21-,22-/m1/s1. The molecule has 1 aliphatic carbocycles. The lowest BCUT2D eigenvalue weighted by molar-refractivity contribution is -0.0811. The predicted molar refractivity (Wildman–Crippen MR) is 111 cm³/mol. The number of aliphatic hydroxyl groups excluding tert-OH is 1. The summed E-state index contributed by atoms with van der Waals surface area (Å²) in [6, 6.07) is 7.08. The molecule has 2 aliphatic rings. The third-order valence-electron chi connectivity index (χ3n) is 5.96. The number of hydrogen-bond acceptors (Lipinski definition) is 6. The highest BCUT2D eigenvalue weighted by Gasteiger charge is 2.37. The second-order valence-electron chi connectivity index (χ2n) is 7.69. The van der Waals surface area contributed by atoms with Gasteiger partial charge >= 0.3 is 0 Å². The number of aliphatic hydroxyl groups is 1. The number of benzene rings is 1. The smallest absolute Gasteiger partial charge is 0.256 e. The number of aromatic nitrogens is 1. The maximum atomic E-state index is 13.5. The van der Waals surface area contributed by atoms with Gasteiger partial charge in [0, 0.05) is 18.4 Å². The Morgan fingerprint density at radius 1 is 1.20 bits per heavy atom. The number of nitrogens with zero attached hydrogens (tertiary/aromatic N) is 2. The number of fused-ring (bicyclic) bond motifs is 1. The van der Waals surface area contributed by atoms with Gasteiger partial charge in [0.1, 0.15) is 6.10 Å². The van der Waals surface area contributed by atoms with E-state index in [2.05, 4.69) is 4.98 Å². The minimum absolute atomic E-state index is 0.0996. The normalized spacial score (nSPS) is 21.1. The Morgan fingerprint density at radius 3 is 2.77 bits per heavy atom. The summed E-state index contributed by atoms with van der Waals surface area (Å²) in [5.74, 6) is 1.08. The number of carbonyl (C=O) groups excluding carboxylic acids is 1. The van der Waals surface area contributed by atoms with E-state index in [1.807, 2.05) is 18.2 Å². The molecule has 2 atom stereocenters. The summed E-state index contributed by atoms with van der Waals surface area (Å²) in [6.07, 6.45) is 5.38. The second kappa shape index (κ2) is 9.02. The number of amides is 1. The van der Waals surface area contributed by atoms with Gasteiger partial charge < -0.3 is 24.2 Å². The van der Waals surface area contributed by atoms with Crippen LogP contribution in [0.25, 0.3) is 0 Å². The number of hydrogen-bond donors (Lipinski definition) is 1. The van der Waals surface area contributed by atoms with Crippen molar-refractivity contribution in [2.45, 2.75) is 37.8 Å². The minimum Gasteiger partial charge on any atom is -0.493 e. The number of methoxy groups -OCH3 is 2. The van der Waals surface area contributed by atoms with Gasteiger partial charge in [-0.15, -0.1) is 0 Å². The molecule has 7 heteroatoms. The molecule has 1 aromatic heterocycles. The molecular formula is C23H28N2O5. The molecule has 1 amide bonds. The molecule has 0 saturated carbocycles. The molecule has 0 spiro atoms. The average molecular weight is 412 g/mol. The molecule has 30 heavy (non-hydrogen) atoms. The van der Waals surface area contributed by atoms with Crippen molar-refractivity contribution in [3.8, 4) is 11.5 Å². The Hall–Kier alpha value is -2.64. The van der Waals surface area contributed by atoms with Crippen LogP contribution in [0.4, 0.5) is 0 Å². The van der Waals surface area contributed by atoms with Gasteiger partial charge in [0.25, 0.3) is 5.91 Å². The van der Waals surface area contributed by atoms with E-state index >= 15 is 0 Å². The SMILES string of the molecule is COc1ccc([C@@H]2[C@@H](CO)OCCN2C(=O)c2cnc3c(c2)CCCC3)cc1OC. The molecule has 2 heterocycles. The first-order valence-electron chi connectivity index (χ1n) is 10.4. The van der Waals surface area contributed by atoms with Crippen LogP contribution in [0, 0.1) is 0 Å². The van der Waals surface area contributed by atoms with Gasteiger partial charge in [-0.2, -0.15) is 0 Å². The van der Waals surface area contributed by atoms with Gasteiger partial charge in [-0.05, 0) is 55.0 Å². The van der Waals surface area contributed by atoms with Crippen molar-refractivity contribution in [1.29, 1.82) is 0 Å². The summed E-state index contributed by atoms with van der Waals surface area (Å²) >= 11 is 0. The fourth-order valence-electron chi connectivity index (χ4n) is 4.42. The van der Waals surface area contributed by atoms with Crippen molar-refractivity contribution in [2.75, 3.05) is 34.0 Å². The van der Waals surface area contributed by atoms with Crippen LogP contribution >= 0.6 is 0 Å². The molecule has 1 aromatic carbocycles. The zero-order chi connectivity index (χ0) is 21.1. The van der Waals surface area contributed by atoms with E-state index < -0.39 is 12.1 Å². The van der Waals surface area contributed by atoms with E-state index in [-0.39, 0.29) is 12.5 Å². The van der Waals surface area contributed by atoms with Gasteiger partial charge in [0.15, 0.2) is 11.5 Å². The van der Waals surface area contributed by atoms with Crippen molar-refractivity contribution in [1.82, 2.24) is 9.88 Å². The highest BCUT2D eigenvalue weighted by molar-refractivity contribution is 5.94. The highest BCUT2D eigenvalue weighted by atomic mass is 16.5. The first-order chi connectivity index (χ1) is 14.7. The Balaban J connectivity index is 1.69. The average Bonchev–Trinajstić information content (AvgIpc) is 2.82. The van der Waals surface area contributed by atoms with E-state index in [0.717, 1.165) is 36.9 Å². The van der Waals surface area contributed by atoms with Gasteiger partial charge in [-0.25, -0.2) is 0 Å². The van der Waals surface area contributed by atoms with Crippen molar-refractivity contribution < 1.29 is 24.1 Å². The fraction of sp³-hybridized carbons (Fsp3) is 0.478. The predicted octanol–water partition coefficient (Wildman–Crippen LogP) is 2.55. The molecule has 2 aromatic rings. The van der Waals surface area contributed by atoms with Gasteiger partial charge in [-0.1, -0.05) is 6.07 Å². The molecule has 1 fully saturated rings.